The molecule has 0 saturated carbocycles. The first kappa shape index (κ1) is 15.7. The second-order valence-electron chi connectivity index (χ2n) is 6.11. The molecule has 0 radical (unpaired) electrons. The zero-order valence-electron chi connectivity index (χ0n) is 12.6. The van der Waals surface area contributed by atoms with E-state index in [2.05, 4.69) is 51.2 Å². The molecular weight excluding hydrogens is 238 g/mol. The van der Waals surface area contributed by atoms with Gasteiger partial charge in [-0.3, -0.25) is 4.79 Å². The molecule has 3 nitrogen and oxygen atoms in total. The first-order valence-electron chi connectivity index (χ1n) is 6.77. The number of hydrogen-bond acceptors (Lipinski definition) is 2. The van der Waals surface area contributed by atoms with Gasteiger partial charge in [0.15, 0.2) is 0 Å². The largest absolute Gasteiger partial charge is 0.384 e. The Morgan fingerprint density at radius 1 is 1.37 bits per heavy atom. The third kappa shape index (κ3) is 4.67. The predicted octanol–water partition coefficient (Wildman–Crippen LogP) is 2.33. The second-order valence-corrected chi connectivity index (χ2v) is 6.11. The molecule has 0 spiro atoms. The number of aryl methyl sites for hydroxylation is 1. The van der Waals surface area contributed by atoms with E-state index in [0.717, 1.165) is 6.42 Å². The molecule has 1 aromatic carbocycles. The summed E-state index contributed by atoms with van der Waals surface area (Å²) in [5, 5.41) is 11.8. The Labute approximate surface area is 116 Å². The Morgan fingerprint density at radius 2 is 2.00 bits per heavy atom. The van der Waals surface area contributed by atoms with Gasteiger partial charge in [-0.15, -0.1) is 0 Å². The van der Waals surface area contributed by atoms with Crippen LogP contribution in [0.15, 0.2) is 18.2 Å². The van der Waals surface area contributed by atoms with E-state index in [1.165, 1.54) is 23.6 Å². The lowest BCUT2D eigenvalue weighted by Gasteiger charge is -2.20. The van der Waals surface area contributed by atoms with Crippen molar-refractivity contribution in [3.63, 3.8) is 0 Å². The van der Waals surface area contributed by atoms with E-state index in [9.17, 15) is 4.79 Å². The summed E-state index contributed by atoms with van der Waals surface area (Å²) >= 11 is 0. The number of rotatable bonds is 4. The van der Waals surface area contributed by atoms with Gasteiger partial charge in [0.25, 0.3) is 0 Å². The van der Waals surface area contributed by atoms with Crippen molar-refractivity contribution in [3.8, 4) is 0 Å². The maximum atomic E-state index is 11.2. The van der Waals surface area contributed by atoms with Gasteiger partial charge >= 0.3 is 0 Å². The van der Waals surface area contributed by atoms with Crippen LogP contribution in [0.25, 0.3) is 0 Å². The van der Waals surface area contributed by atoms with Crippen molar-refractivity contribution in [2.24, 2.45) is 0 Å². The van der Waals surface area contributed by atoms with Crippen LogP contribution in [-0.4, -0.2) is 23.7 Å². The number of carbonyl (C=O) groups excluding carboxylic acids is 1. The number of hydrogen-bond donors (Lipinski definition) is 2. The van der Waals surface area contributed by atoms with E-state index in [1.807, 2.05) is 0 Å². The van der Waals surface area contributed by atoms with Gasteiger partial charge in [0, 0.05) is 6.54 Å². The Hall–Kier alpha value is -1.35. The molecule has 1 amide bonds. The molecule has 0 saturated heterocycles. The maximum Gasteiger partial charge on any atom is 0.248 e. The third-order valence-electron chi connectivity index (χ3n) is 3.28. The third-order valence-corrected chi connectivity index (χ3v) is 3.28. The molecule has 0 heterocycles. The van der Waals surface area contributed by atoms with Crippen LogP contribution in [-0.2, 0) is 16.6 Å². The van der Waals surface area contributed by atoms with E-state index >= 15 is 0 Å². The smallest absolute Gasteiger partial charge is 0.248 e. The van der Waals surface area contributed by atoms with Crippen molar-refractivity contribution in [2.45, 2.75) is 52.6 Å². The summed E-state index contributed by atoms with van der Waals surface area (Å²) in [4.78, 5) is 11.2. The molecule has 0 aliphatic carbocycles. The Morgan fingerprint density at radius 3 is 2.47 bits per heavy atom. The molecule has 0 aromatic heterocycles. The van der Waals surface area contributed by atoms with Crippen molar-refractivity contribution in [2.75, 3.05) is 6.54 Å². The van der Waals surface area contributed by atoms with Crippen molar-refractivity contribution in [1.29, 1.82) is 0 Å². The van der Waals surface area contributed by atoms with E-state index in [0.29, 0.717) is 6.54 Å². The van der Waals surface area contributed by atoms with Gasteiger partial charge in [0.1, 0.15) is 6.10 Å². The number of amides is 1. The van der Waals surface area contributed by atoms with Gasteiger partial charge < -0.3 is 10.4 Å². The molecule has 3 heteroatoms. The summed E-state index contributed by atoms with van der Waals surface area (Å²) < 4.78 is 0. The molecule has 1 unspecified atom stereocenters. The van der Waals surface area contributed by atoms with Crippen LogP contribution in [0.4, 0.5) is 0 Å². The van der Waals surface area contributed by atoms with E-state index < -0.39 is 6.10 Å². The standard InChI is InChI=1S/C16H25NO2/c1-11-10-14(16(3,4)5)7-6-13(11)8-9-17-15(19)12(2)18/h6-7,10,12,18H,8-9H2,1-5H3,(H,17,19). The molecule has 0 aliphatic heterocycles. The van der Waals surface area contributed by atoms with Crippen LogP contribution in [0.5, 0.6) is 0 Å². The lowest BCUT2D eigenvalue weighted by atomic mass is 9.85. The minimum absolute atomic E-state index is 0.157. The van der Waals surface area contributed by atoms with Crippen LogP contribution in [0.1, 0.15) is 44.4 Å². The summed E-state index contributed by atoms with van der Waals surface area (Å²) in [5.74, 6) is -0.316. The molecule has 0 aliphatic rings. The fraction of sp³-hybridized carbons (Fsp3) is 0.562. The molecule has 1 atom stereocenters. The summed E-state index contributed by atoms with van der Waals surface area (Å²) in [7, 11) is 0. The summed E-state index contributed by atoms with van der Waals surface area (Å²) in [6.45, 7) is 10.7. The highest BCUT2D eigenvalue weighted by Gasteiger charge is 2.14. The molecule has 1 aromatic rings. The highest BCUT2D eigenvalue weighted by Crippen LogP contribution is 2.24. The summed E-state index contributed by atoms with van der Waals surface area (Å²) in [6, 6.07) is 6.50. The van der Waals surface area contributed by atoms with Gasteiger partial charge in [0.2, 0.25) is 5.91 Å². The van der Waals surface area contributed by atoms with Crippen molar-refractivity contribution >= 4 is 5.91 Å². The molecular formula is C16H25NO2. The molecule has 0 fully saturated rings. The van der Waals surface area contributed by atoms with Crippen LogP contribution in [0, 0.1) is 6.92 Å². The highest BCUT2D eigenvalue weighted by atomic mass is 16.3. The average molecular weight is 263 g/mol. The molecule has 1 rings (SSSR count). The molecule has 0 bridgehead atoms. The normalized spacial score (nSPS) is 13.2. The quantitative estimate of drug-likeness (QED) is 0.876. The minimum Gasteiger partial charge on any atom is -0.384 e. The SMILES string of the molecule is Cc1cc(C(C)(C)C)ccc1CCNC(=O)C(C)O. The average Bonchev–Trinajstić information content (AvgIpc) is 2.29. The van der Waals surface area contributed by atoms with E-state index in [4.69, 9.17) is 5.11 Å². The minimum atomic E-state index is -0.940. The van der Waals surface area contributed by atoms with Gasteiger partial charge in [-0.2, -0.15) is 0 Å². The monoisotopic (exact) mass is 263 g/mol. The Balaban J connectivity index is 2.64. The van der Waals surface area contributed by atoms with Gasteiger partial charge in [-0.05, 0) is 42.4 Å². The zero-order chi connectivity index (χ0) is 14.6. The van der Waals surface area contributed by atoms with Gasteiger partial charge in [-0.25, -0.2) is 0 Å². The molecule has 106 valence electrons. The zero-order valence-corrected chi connectivity index (χ0v) is 12.6. The number of aliphatic hydroxyl groups excluding tert-OH is 1. The van der Waals surface area contributed by atoms with Crippen molar-refractivity contribution in [1.82, 2.24) is 5.32 Å². The maximum absolute atomic E-state index is 11.2. The van der Waals surface area contributed by atoms with Gasteiger partial charge in [0.05, 0.1) is 0 Å². The summed E-state index contributed by atoms with van der Waals surface area (Å²) in [6.07, 6.45) is -0.154. The molecule has 19 heavy (non-hydrogen) atoms. The topological polar surface area (TPSA) is 49.3 Å². The Bertz CT molecular complexity index is 445. The lowest BCUT2D eigenvalue weighted by Crippen LogP contribution is -2.33. The number of carbonyl (C=O) groups is 1. The van der Waals surface area contributed by atoms with E-state index in [-0.39, 0.29) is 11.3 Å². The van der Waals surface area contributed by atoms with Crippen LogP contribution >= 0.6 is 0 Å². The first-order valence-corrected chi connectivity index (χ1v) is 6.77. The fourth-order valence-corrected chi connectivity index (χ4v) is 1.91. The van der Waals surface area contributed by atoms with Crippen LogP contribution < -0.4 is 5.32 Å². The van der Waals surface area contributed by atoms with Crippen molar-refractivity contribution in [3.05, 3.63) is 34.9 Å². The van der Waals surface area contributed by atoms with E-state index in [1.54, 1.807) is 0 Å². The number of aliphatic hydroxyl groups is 1. The number of benzene rings is 1. The number of nitrogens with one attached hydrogen (secondary N) is 1. The Kier molecular flexibility index (Phi) is 5.12. The van der Waals surface area contributed by atoms with Crippen LogP contribution in [0.3, 0.4) is 0 Å². The molecule has 2 N–H and O–H groups in total. The van der Waals surface area contributed by atoms with Gasteiger partial charge in [-0.1, -0.05) is 39.0 Å². The fourth-order valence-electron chi connectivity index (χ4n) is 1.91. The first-order chi connectivity index (χ1) is 8.71. The highest BCUT2D eigenvalue weighted by molar-refractivity contribution is 5.79. The lowest BCUT2D eigenvalue weighted by molar-refractivity contribution is -0.128. The van der Waals surface area contributed by atoms with Crippen molar-refractivity contribution < 1.29 is 9.90 Å². The summed E-state index contributed by atoms with van der Waals surface area (Å²) in [5.41, 5.74) is 3.96. The van der Waals surface area contributed by atoms with Crippen LogP contribution in [0.2, 0.25) is 0 Å². The second kappa shape index (κ2) is 6.20. The predicted molar refractivity (Wildman–Crippen MR) is 78.3 cm³/mol.